The number of aromatic hydroxyl groups is 1. The monoisotopic (exact) mass is 263 g/mol. The molecule has 0 aromatic heterocycles. The van der Waals surface area contributed by atoms with Crippen molar-refractivity contribution >= 4 is 0 Å². The van der Waals surface area contributed by atoms with Crippen molar-refractivity contribution in [3.05, 3.63) is 29.3 Å². The van der Waals surface area contributed by atoms with Crippen LogP contribution in [0.25, 0.3) is 0 Å². The van der Waals surface area contributed by atoms with Crippen LogP contribution in [0.2, 0.25) is 0 Å². The minimum Gasteiger partial charge on any atom is -0.508 e. The number of nitrogens with one attached hydrogen (secondary N) is 1. The van der Waals surface area contributed by atoms with Crippen LogP contribution in [0.4, 0.5) is 0 Å². The third-order valence-electron chi connectivity index (χ3n) is 3.68. The average Bonchev–Trinajstić information content (AvgIpc) is 2.75. The first kappa shape index (κ1) is 14.4. The van der Waals surface area contributed by atoms with Crippen LogP contribution in [-0.4, -0.2) is 24.9 Å². The molecule has 1 atom stereocenters. The Hall–Kier alpha value is -1.06. The first-order valence-electron chi connectivity index (χ1n) is 7.29. The van der Waals surface area contributed by atoms with Gasteiger partial charge in [0.25, 0.3) is 0 Å². The number of rotatable bonds is 7. The molecule has 106 valence electrons. The van der Waals surface area contributed by atoms with Gasteiger partial charge in [0.05, 0.1) is 6.61 Å². The van der Waals surface area contributed by atoms with Gasteiger partial charge in [0.1, 0.15) is 5.75 Å². The third kappa shape index (κ3) is 4.22. The van der Waals surface area contributed by atoms with Crippen LogP contribution in [-0.2, 0) is 11.2 Å². The van der Waals surface area contributed by atoms with E-state index >= 15 is 0 Å². The number of benzene rings is 1. The fourth-order valence-corrected chi connectivity index (χ4v) is 2.54. The van der Waals surface area contributed by atoms with Gasteiger partial charge in [-0.2, -0.15) is 0 Å². The van der Waals surface area contributed by atoms with Crippen molar-refractivity contribution in [1.29, 1.82) is 0 Å². The lowest BCUT2D eigenvalue weighted by Gasteiger charge is -2.14. The molecule has 19 heavy (non-hydrogen) atoms. The standard InChI is InChI=1S/C16H25NO2/c1-12(2)7-9-19-10-8-17-16-6-3-13-11-14(18)4-5-15(13)16/h4-5,11-12,16-18H,3,6-10H2,1-2H3. The number of hydrogen-bond acceptors (Lipinski definition) is 3. The molecular weight excluding hydrogens is 238 g/mol. The molecule has 0 amide bonds. The number of fused-ring (bicyclic) bond motifs is 1. The molecule has 0 radical (unpaired) electrons. The third-order valence-corrected chi connectivity index (χ3v) is 3.68. The van der Waals surface area contributed by atoms with Crippen LogP contribution in [0.1, 0.15) is 43.9 Å². The van der Waals surface area contributed by atoms with E-state index in [1.54, 1.807) is 6.07 Å². The normalized spacial score (nSPS) is 17.9. The van der Waals surface area contributed by atoms with Gasteiger partial charge in [-0.05, 0) is 48.4 Å². The molecule has 3 nitrogen and oxygen atoms in total. The second kappa shape index (κ2) is 6.92. The lowest BCUT2D eigenvalue weighted by Crippen LogP contribution is -2.24. The van der Waals surface area contributed by atoms with Gasteiger partial charge in [-0.1, -0.05) is 19.9 Å². The first-order valence-corrected chi connectivity index (χ1v) is 7.29. The highest BCUT2D eigenvalue weighted by molar-refractivity contribution is 5.39. The molecule has 0 saturated heterocycles. The van der Waals surface area contributed by atoms with E-state index in [-0.39, 0.29) is 0 Å². The number of phenols is 1. The van der Waals surface area contributed by atoms with Gasteiger partial charge < -0.3 is 15.2 Å². The maximum atomic E-state index is 9.46. The van der Waals surface area contributed by atoms with Crippen molar-refractivity contribution < 1.29 is 9.84 Å². The number of aryl methyl sites for hydroxylation is 1. The molecule has 1 unspecified atom stereocenters. The molecule has 0 aliphatic heterocycles. The molecule has 1 aromatic carbocycles. The van der Waals surface area contributed by atoms with E-state index in [2.05, 4.69) is 19.2 Å². The molecule has 1 aliphatic carbocycles. The van der Waals surface area contributed by atoms with E-state index < -0.39 is 0 Å². The summed E-state index contributed by atoms with van der Waals surface area (Å²) in [4.78, 5) is 0. The van der Waals surface area contributed by atoms with Crippen molar-refractivity contribution in [2.75, 3.05) is 19.8 Å². The quantitative estimate of drug-likeness (QED) is 0.743. The Morgan fingerprint density at radius 1 is 1.37 bits per heavy atom. The molecule has 2 rings (SSSR count). The minimum absolute atomic E-state index is 0.372. The zero-order chi connectivity index (χ0) is 13.7. The summed E-state index contributed by atoms with van der Waals surface area (Å²) < 4.78 is 5.61. The van der Waals surface area contributed by atoms with E-state index in [1.807, 2.05) is 12.1 Å². The fourth-order valence-electron chi connectivity index (χ4n) is 2.54. The zero-order valence-corrected chi connectivity index (χ0v) is 12.0. The summed E-state index contributed by atoms with van der Waals surface area (Å²) in [5.74, 6) is 1.08. The van der Waals surface area contributed by atoms with Gasteiger partial charge >= 0.3 is 0 Å². The Morgan fingerprint density at radius 3 is 3.00 bits per heavy atom. The van der Waals surface area contributed by atoms with Crippen LogP contribution in [0.15, 0.2) is 18.2 Å². The SMILES string of the molecule is CC(C)CCOCCNC1CCc2cc(O)ccc21. The van der Waals surface area contributed by atoms with Crippen LogP contribution in [0, 0.1) is 5.92 Å². The highest BCUT2D eigenvalue weighted by atomic mass is 16.5. The van der Waals surface area contributed by atoms with Crippen molar-refractivity contribution in [2.24, 2.45) is 5.92 Å². The van der Waals surface area contributed by atoms with Gasteiger partial charge in [-0.3, -0.25) is 0 Å². The topological polar surface area (TPSA) is 41.5 Å². The Balaban J connectivity index is 1.69. The van der Waals surface area contributed by atoms with E-state index in [1.165, 1.54) is 11.1 Å². The van der Waals surface area contributed by atoms with E-state index in [0.717, 1.165) is 39.0 Å². The Labute approximate surface area is 116 Å². The molecule has 0 heterocycles. The number of phenolic OH excluding ortho intramolecular Hbond substituents is 1. The van der Waals surface area contributed by atoms with Crippen molar-refractivity contribution in [3.63, 3.8) is 0 Å². The number of ether oxygens (including phenoxy) is 1. The molecule has 0 fully saturated rings. The molecule has 1 aliphatic rings. The van der Waals surface area contributed by atoms with Gasteiger partial charge in [0, 0.05) is 19.2 Å². The highest BCUT2D eigenvalue weighted by Crippen LogP contribution is 2.32. The molecule has 0 bridgehead atoms. The summed E-state index contributed by atoms with van der Waals surface area (Å²) in [7, 11) is 0. The van der Waals surface area contributed by atoms with Crippen LogP contribution in [0.5, 0.6) is 5.75 Å². The minimum atomic E-state index is 0.372. The highest BCUT2D eigenvalue weighted by Gasteiger charge is 2.21. The van der Waals surface area contributed by atoms with Gasteiger partial charge in [-0.25, -0.2) is 0 Å². The predicted octanol–water partition coefficient (Wildman–Crippen LogP) is 3.03. The summed E-state index contributed by atoms with van der Waals surface area (Å²) in [6, 6.07) is 6.12. The summed E-state index contributed by atoms with van der Waals surface area (Å²) in [5.41, 5.74) is 2.61. The van der Waals surface area contributed by atoms with Gasteiger partial charge in [-0.15, -0.1) is 0 Å². The zero-order valence-electron chi connectivity index (χ0n) is 12.0. The smallest absolute Gasteiger partial charge is 0.115 e. The van der Waals surface area contributed by atoms with E-state index in [0.29, 0.717) is 17.7 Å². The van der Waals surface area contributed by atoms with Crippen molar-refractivity contribution in [1.82, 2.24) is 5.32 Å². The van der Waals surface area contributed by atoms with Crippen LogP contribution >= 0.6 is 0 Å². The maximum absolute atomic E-state index is 9.46. The van der Waals surface area contributed by atoms with Crippen molar-refractivity contribution in [3.8, 4) is 5.75 Å². The van der Waals surface area contributed by atoms with E-state index in [4.69, 9.17) is 4.74 Å². The first-order chi connectivity index (χ1) is 9.16. The Kier molecular flexibility index (Phi) is 5.23. The molecule has 3 heteroatoms. The predicted molar refractivity (Wildman–Crippen MR) is 77.4 cm³/mol. The molecule has 2 N–H and O–H groups in total. The molecular formula is C16H25NO2. The van der Waals surface area contributed by atoms with Crippen LogP contribution < -0.4 is 5.32 Å². The molecule has 1 aromatic rings. The molecule has 0 saturated carbocycles. The number of hydrogen-bond donors (Lipinski definition) is 2. The fraction of sp³-hybridized carbons (Fsp3) is 0.625. The van der Waals surface area contributed by atoms with E-state index in [9.17, 15) is 5.11 Å². The average molecular weight is 263 g/mol. The summed E-state index contributed by atoms with van der Waals surface area (Å²) in [6.07, 6.45) is 3.30. The van der Waals surface area contributed by atoms with Gasteiger partial charge in [0.2, 0.25) is 0 Å². The second-order valence-electron chi connectivity index (χ2n) is 5.72. The Morgan fingerprint density at radius 2 is 2.21 bits per heavy atom. The second-order valence-corrected chi connectivity index (χ2v) is 5.72. The van der Waals surface area contributed by atoms with Crippen LogP contribution in [0.3, 0.4) is 0 Å². The lowest BCUT2D eigenvalue weighted by molar-refractivity contribution is 0.123. The van der Waals surface area contributed by atoms with Crippen molar-refractivity contribution in [2.45, 2.75) is 39.2 Å². The lowest BCUT2D eigenvalue weighted by atomic mass is 10.1. The Bertz CT molecular complexity index is 404. The largest absolute Gasteiger partial charge is 0.508 e. The summed E-state index contributed by atoms with van der Waals surface area (Å²) in [5, 5.41) is 13.0. The summed E-state index contributed by atoms with van der Waals surface area (Å²) in [6.45, 7) is 6.95. The maximum Gasteiger partial charge on any atom is 0.115 e. The summed E-state index contributed by atoms with van der Waals surface area (Å²) >= 11 is 0. The molecule has 0 spiro atoms. The van der Waals surface area contributed by atoms with Gasteiger partial charge in [0.15, 0.2) is 0 Å².